The summed E-state index contributed by atoms with van der Waals surface area (Å²) in [5, 5.41) is 0. The highest BCUT2D eigenvalue weighted by Gasteiger charge is 2.18. The Morgan fingerprint density at radius 3 is 2.52 bits per heavy atom. The molecule has 0 spiro atoms. The van der Waals surface area contributed by atoms with Gasteiger partial charge in [-0.2, -0.15) is 4.98 Å². The molecule has 0 fully saturated rings. The third kappa shape index (κ3) is 3.42. The molecule has 3 heterocycles. The van der Waals surface area contributed by atoms with E-state index in [2.05, 4.69) is 9.97 Å². The van der Waals surface area contributed by atoms with E-state index in [9.17, 15) is 9.59 Å². The Morgan fingerprint density at radius 1 is 1.10 bits per heavy atom. The number of imidazole rings is 1. The second-order valence-corrected chi connectivity index (χ2v) is 6.75. The summed E-state index contributed by atoms with van der Waals surface area (Å²) in [5.74, 6) is 2.00. The number of rotatable bonds is 6. The standard InChI is InChI=1S/C20H21N5O4/c1-23-17-16(18(26)24(2)20(23)27)21-19(22-17)25(12-15-5-4-10-29-15)11-13-6-8-14(28-3)9-7-13/h4-10H,11-12H2,1-3H3,(H,21,22). The third-order valence-electron chi connectivity index (χ3n) is 4.84. The van der Waals surface area contributed by atoms with E-state index in [-0.39, 0.29) is 5.52 Å². The van der Waals surface area contributed by atoms with Crippen molar-refractivity contribution < 1.29 is 9.15 Å². The summed E-state index contributed by atoms with van der Waals surface area (Å²) in [6.07, 6.45) is 1.61. The zero-order chi connectivity index (χ0) is 20.5. The number of hydrogen-bond donors (Lipinski definition) is 1. The Balaban J connectivity index is 1.77. The van der Waals surface area contributed by atoms with Crippen LogP contribution in [-0.2, 0) is 27.2 Å². The predicted octanol–water partition coefficient (Wildman–Crippen LogP) is 1.77. The molecule has 0 saturated carbocycles. The average molecular weight is 395 g/mol. The van der Waals surface area contributed by atoms with Crippen LogP contribution in [0.25, 0.3) is 11.2 Å². The zero-order valence-corrected chi connectivity index (χ0v) is 16.4. The first kappa shape index (κ1) is 18.6. The van der Waals surface area contributed by atoms with Gasteiger partial charge in [0.05, 0.1) is 19.9 Å². The molecule has 3 aromatic heterocycles. The van der Waals surface area contributed by atoms with E-state index >= 15 is 0 Å². The van der Waals surface area contributed by atoms with Crippen molar-refractivity contribution in [1.82, 2.24) is 19.1 Å². The number of aryl methyl sites for hydroxylation is 1. The van der Waals surface area contributed by atoms with Crippen molar-refractivity contribution in [2.24, 2.45) is 14.1 Å². The van der Waals surface area contributed by atoms with Crippen molar-refractivity contribution in [2.45, 2.75) is 13.1 Å². The van der Waals surface area contributed by atoms with Crippen molar-refractivity contribution in [3.63, 3.8) is 0 Å². The maximum Gasteiger partial charge on any atom is 0.332 e. The highest BCUT2D eigenvalue weighted by Crippen LogP contribution is 2.21. The quantitative estimate of drug-likeness (QED) is 0.534. The fourth-order valence-corrected chi connectivity index (χ4v) is 3.21. The lowest BCUT2D eigenvalue weighted by Crippen LogP contribution is -2.36. The molecular formula is C20H21N5O4. The number of furan rings is 1. The van der Waals surface area contributed by atoms with E-state index in [0.29, 0.717) is 24.7 Å². The van der Waals surface area contributed by atoms with Crippen molar-refractivity contribution in [3.05, 3.63) is 74.8 Å². The molecule has 0 aliphatic rings. The highest BCUT2D eigenvalue weighted by molar-refractivity contribution is 5.73. The highest BCUT2D eigenvalue weighted by atomic mass is 16.5. The first-order valence-electron chi connectivity index (χ1n) is 9.04. The summed E-state index contributed by atoms with van der Waals surface area (Å²) >= 11 is 0. The van der Waals surface area contributed by atoms with E-state index in [4.69, 9.17) is 9.15 Å². The molecule has 4 rings (SSSR count). The largest absolute Gasteiger partial charge is 0.497 e. The molecule has 9 nitrogen and oxygen atoms in total. The molecule has 0 aliphatic heterocycles. The minimum Gasteiger partial charge on any atom is -0.497 e. The lowest BCUT2D eigenvalue weighted by molar-refractivity contribution is 0.414. The van der Waals surface area contributed by atoms with Crippen LogP contribution in [0.2, 0.25) is 0 Å². The lowest BCUT2D eigenvalue weighted by Gasteiger charge is -2.21. The summed E-state index contributed by atoms with van der Waals surface area (Å²) < 4.78 is 13.1. The molecule has 1 aromatic carbocycles. The minimum atomic E-state index is -0.423. The van der Waals surface area contributed by atoms with Crippen molar-refractivity contribution in [3.8, 4) is 5.75 Å². The van der Waals surface area contributed by atoms with Gasteiger partial charge in [-0.15, -0.1) is 0 Å². The van der Waals surface area contributed by atoms with E-state index in [1.807, 2.05) is 41.3 Å². The van der Waals surface area contributed by atoms with E-state index in [1.165, 1.54) is 11.6 Å². The third-order valence-corrected chi connectivity index (χ3v) is 4.84. The summed E-state index contributed by atoms with van der Waals surface area (Å²) in [4.78, 5) is 34.3. The zero-order valence-electron chi connectivity index (χ0n) is 16.4. The van der Waals surface area contributed by atoms with Crippen LogP contribution in [0, 0.1) is 0 Å². The maximum absolute atomic E-state index is 12.5. The van der Waals surface area contributed by atoms with Crippen molar-refractivity contribution in [1.29, 1.82) is 0 Å². The van der Waals surface area contributed by atoms with Crippen LogP contribution in [0.5, 0.6) is 5.75 Å². The van der Waals surface area contributed by atoms with Gasteiger partial charge in [0.25, 0.3) is 5.56 Å². The van der Waals surface area contributed by atoms with Crippen LogP contribution in [-0.4, -0.2) is 26.2 Å². The molecule has 9 heteroatoms. The average Bonchev–Trinajstić information content (AvgIpc) is 3.41. The predicted molar refractivity (Wildman–Crippen MR) is 108 cm³/mol. The van der Waals surface area contributed by atoms with Gasteiger partial charge in [-0.3, -0.25) is 13.9 Å². The van der Waals surface area contributed by atoms with Gasteiger partial charge in [0.1, 0.15) is 11.5 Å². The number of aromatic amines is 1. The number of fused-ring (bicyclic) bond motifs is 1. The van der Waals surface area contributed by atoms with Crippen LogP contribution >= 0.6 is 0 Å². The van der Waals surface area contributed by atoms with E-state index in [0.717, 1.165) is 21.6 Å². The number of hydrogen-bond acceptors (Lipinski definition) is 6. The molecule has 0 bridgehead atoms. The van der Waals surface area contributed by atoms with Gasteiger partial charge in [0.15, 0.2) is 11.2 Å². The van der Waals surface area contributed by atoms with Crippen LogP contribution < -0.4 is 20.9 Å². The Morgan fingerprint density at radius 2 is 1.86 bits per heavy atom. The lowest BCUT2D eigenvalue weighted by atomic mass is 10.2. The number of anilines is 1. The molecule has 150 valence electrons. The van der Waals surface area contributed by atoms with E-state index < -0.39 is 11.2 Å². The molecule has 0 unspecified atom stereocenters. The second-order valence-electron chi connectivity index (χ2n) is 6.75. The molecule has 0 atom stereocenters. The van der Waals surface area contributed by atoms with Gasteiger partial charge in [-0.1, -0.05) is 12.1 Å². The Labute approximate surface area is 165 Å². The van der Waals surface area contributed by atoms with Crippen molar-refractivity contribution in [2.75, 3.05) is 12.0 Å². The molecule has 0 radical (unpaired) electrons. The number of methoxy groups -OCH3 is 1. The van der Waals surface area contributed by atoms with Crippen LogP contribution in [0.1, 0.15) is 11.3 Å². The number of nitrogens with one attached hydrogen (secondary N) is 1. The summed E-state index contributed by atoms with van der Waals surface area (Å²) in [7, 11) is 4.66. The van der Waals surface area contributed by atoms with Gasteiger partial charge in [-0.25, -0.2) is 4.79 Å². The number of benzene rings is 1. The van der Waals surface area contributed by atoms with E-state index in [1.54, 1.807) is 20.4 Å². The maximum atomic E-state index is 12.5. The first-order valence-corrected chi connectivity index (χ1v) is 9.04. The van der Waals surface area contributed by atoms with Gasteiger partial charge in [0.2, 0.25) is 5.95 Å². The normalized spacial score (nSPS) is 11.1. The Kier molecular flexibility index (Phi) is 4.71. The monoisotopic (exact) mass is 395 g/mol. The topological polar surface area (TPSA) is 98.3 Å². The smallest absolute Gasteiger partial charge is 0.332 e. The van der Waals surface area contributed by atoms with Gasteiger partial charge in [0, 0.05) is 20.6 Å². The molecule has 29 heavy (non-hydrogen) atoms. The second kappa shape index (κ2) is 7.34. The number of nitrogens with zero attached hydrogens (tertiary/aromatic N) is 4. The van der Waals surface area contributed by atoms with Gasteiger partial charge < -0.3 is 19.0 Å². The molecular weight excluding hydrogens is 374 g/mol. The number of aromatic nitrogens is 4. The molecule has 0 amide bonds. The molecule has 0 saturated heterocycles. The molecule has 1 N–H and O–H groups in total. The van der Waals surface area contributed by atoms with Crippen molar-refractivity contribution >= 4 is 17.1 Å². The van der Waals surface area contributed by atoms with Gasteiger partial charge in [-0.05, 0) is 29.8 Å². The SMILES string of the molecule is COc1ccc(CN(Cc2ccco2)c2nc3c([nH]2)c(=O)n(C)c(=O)n3C)cc1. The summed E-state index contributed by atoms with van der Waals surface area (Å²) in [5.41, 5.74) is 0.785. The van der Waals surface area contributed by atoms with Crippen LogP contribution in [0.15, 0.2) is 56.7 Å². The Hall–Kier alpha value is -3.75. The van der Waals surface area contributed by atoms with Gasteiger partial charge >= 0.3 is 5.69 Å². The first-order chi connectivity index (χ1) is 14.0. The minimum absolute atomic E-state index is 0.281. The molecule has 4 aromatic rings. The molecule has 0 aliphatic carbocycles. The van der Waals surface area contributed by atoms with Crippen LogP contribution in [0.3, 0.4) is 0 Å². The fraction of sp³-hybridized carbons (Fsp3) is 0.250. The fourth-order valence-electron chi connectivity index (χ4n) is 3.21. The summed E-state index contributed by atoms with van der Waals surface area (Å²) in [6, 6.07) is 11.4. The summed E-state index contributed by atoms with van der Waals surface area (Å²) in [6.45, 7) is 0.950. The van der Waals surface area contributed by atoms with Crippen LogP contribution in [0.4, 0.5) is 5.95 Å². The number of ether oxygens (including phenoxy) is 1. The Bertz CT molecular complexity index is 1250. The number of H-pyrrole nitrogens is 1.